The third-order valence-electron chi connectivity index (χ3n) is 6.00. The van der Waals surface area contributed by atoms with Crippen molar-refractivity contribution in [2.24, 2.45) is 0 Å². The van der Waals surface area contributed by atoms with Gasteiger partial charge in [-0.2, -0.15) is 0 Å². The molecule has 1 N–H and O–H groups in total. The van der Waals surface area contributed by atoms with Crippen LogP contribution in [0.25, 0.3) is 0 Å². The molecule has 1 atom stereocenters. The van der Waals surface area contributed by atoms with Gasteiger partial charge in [0.1, 0.15) is 11.6 Å². The molecule has 7 heteroatoms. The molecule has 1 fully saturated rings. The highest BCUT2D eigenvalue weighted by Crippen LogP contribution is 2.28. The maximum Gasteiger partial charge on any atom is 0.258 e. The van der Waals surface area contributed by atoms with E-state index in [0.717, 1.165) is 30.7 Å². The first-order valence-electron chi connectivity index (χ1n) is 11.0. The first kappa shape index (κ1) is 21.7. The van der Waals surface area contributed by atoms with Crippen molar-refractivity contribution < 1.29 is 14.0 Å². The van der Waals surface area contributed by atoms with Crippen molar-refractivity contribution in [1.82, 2.24) is 14.5 Å². The highest BCUT2D eigenvalue weighted by molar-refractivity contribution is 6.09. The van der Waals surface area contributed by atoms with Crippen LogP contribution in [-0.4, -0.2) is 39.4 Å². The van der Waals surface area contributed by atoms with E-state index in [1.807, 2.05) is 24.1 Å². The fourth-order valence-electron chi connectivity index (χ4n) is 4.32. The minimum atomic E-state index is -0.600. The molecule has 166 valence electrons. The number of rotatable bonds is 5. The zero-order valence-corrected chi connectivity index (χ0v) is 18.3. The van der Waals surface area contributed by atoms with E-state index >= 15 is 0 Å². The fraction of sp³-hybridized carbons (Fsp3) is 0.320. The van der Waals surface area contributed by atoms with Gasteiger partial charge in [0.15, 0.2) is 0 Å². The van der Waals surface area contributed by atoms with Crippen molar-refractivity contribution >= 4 is 17.5 Å². The zero-order valence-electron chi connectivity index (χ0n) is 18.3. The highest BCUT2D eigenvalue weighted by Gasteiger charge is 2.28. The lowest BCUT2D eigenvalue weighted by Crippen LogP contribution is -2.41. The highest BCUT2D eigenvalue weighted by atomic mass is 19.1. The number of halogens is 1. The number of anilines is 1. The summed E-state index contributed by atoms with van der Waals surface area (Å²) in [7, 11) is 0. The molecule has 2 aromatic carbocycles. The molecule has 1 aliphatic heterocycles. The summed E-state index contributed by atoms with van der Waals surface area (Å²) in [6.45, 7) is 5.13. The van der Waals surface area contributed by atoms with Crippen LogP contribution in [-0.2, 0) is 6.42 Å². The average Bonchev–Trinajstić information content (AvgIpc) is 3.29. The Balaban J connectivity index is 1.58. The van der Waals surface area contributed by atoms with Crippen LogP contribution < -0.4 is 5.32 Å². The molecule has 0 radical (unpaired) electrons. The summed E-state index contributed by atoms with van der Waals surface area (Å²) in [5, 5.41) is 2.77. The van der Waals surface area contributed by atoms with Gasteiger partial charge in [-0.3, -0.25) is 9.59 Å². The molecule has 0 aliphatic carbocycles. The standard InChI is InChI=1S/C25H27FN4O2/c1-3-22-27-13-15-30(22)18-9-7-14-29(16-18)25(32)20-11-6-8-17(2)23(20)28-24(31)19-10-4-5-12-21(19)26/h4-6,8,10-13,15,18H,3,7,9,14,16H2,1-2H3,(H,28,31). The van der Waals surface area contributed by atoms with Crippen LogP contribution in [0.2, 0.25) is 0 Å². The largest absolute Gasteiger partial charge is 0.337 e. The number of nitrogens with one attached hydrogen (secondary N) is 1. The molecule has 0 saturated carbocycles. The van der Waals surface area contributed by atoms with Gasteiger partial charge in [0, 0.05) is 31.9 Å². The first-order chi connectivity index (χ1) is 15.5. The SMILES string of the molecule is CCc1nccn1C1CCCN(C(=O)c2cccc(C)c2NC(=O)c2ccccc2F)C1. The fourth-order valence-corrected chi connectivity index (χ4v) is 4.32. The van der Waals surface area contributed by atoms with Crippen LogP contribution in [0.1, 0.15) is 57.9 Å². The number of carbonyl (C=O) groups excluding carboxylic acids is 2. The van der Waals surface area contributed by atoms with E-state index in [4.69, 9.17) is 0 Å². The molecule has 2 heterocycles. The second kappa shape index (κ2) is 9.34. The number of aromatic nitrogens is 2. The second-order valence-electron chi connectivity index (χ2n) is 8.08. The Hall–Kier alpha value is -3.48. The van der Waals surface area contributed by atoms with E-state index in [0.29, 0.717) is 24.3 Å². The monoisotopic (exact) mass is 434 g/mol. The van der Waals surface area contributed by atoms with Crippen molar-refractivity contribution in [3.63, 3.8) is 0 Å². The second-order valence-corrected chi connectivity index (χ2v) is 8.08. The first-order valence-corrected chi connectivity index (χ1v) is 11.0. The number of likely N-dealkylation sites (tertiary alicyclic amines) is 1. The molecular weight excluding hydrogens is 407 g/mol. The van der Waals surface area contributed by atoms with E-state index in [1.165, 1.54) is 18.2 Å². The zero-order chi connectivity index (χ0) is 22.7. The van der Waals surface area contributed by atoms with E-state index in [2.05, 4.69) is 21.8 Å². The maximum atomic E-state index is 14.1. The predicted octanol–water partition coefficient (Wildman–Crippen LogP) is 4.62. The van der Waals surface area contributed by atoms with Gasteiger partial charge in [-0.05, 0) is 43.5 Å². The number of hydrogen-bond donors (Lipinski definition) is 1. The topological polar surface area (TPSA) is 67.2 Å². The molecule has 1 unspecified atom stereocenters. The van der Waals surface area contributed by atoms with Crippen molar-refractivity contribution in [3.05, 3.63) is 83.2 Å². The maximum absolute atomic E-state index is 14.1. The number of amides is 2. The molecule has 2 amide bonds. The van der Waals surface area contributed by atoms with Gasteiger partial charge in [0.25, 0.3) is 11.8 Å². The van der Waals surface area contributed by atoms with E-state index in [9.17, 15) is 14.0 Å². The molecule has 1 aromatic heterocycles. The Bertz CT molecular complexity index is 1140. The summed E-state index contributed by atoms with van der Waals surface area (Å²) < 4.78 is 16.3. The summed E-state index contributed by atoms with van der Waals surface area (Å²) >= 11 is 0. The Morgan fingerprint density at radius 3 is 2.72 bits per heavy atom. The predicted molar refractivity (Wildman–Crippen MR) is 121 cm³/mol. The lowest BCUT2D eigenvalue weighted by Gasteiger charge is -2.34. The van der Waals surface area contributed by atoms with Gasteiger partial charge < -0.3 is 14.8 Å². The Kier molecular flexibility index (Phi) is 6.35. The lowest BCUT2D eigenvalue weighted by atomic mass is 10.0. The normalized spacial score (nSPS) is 16.1. The van der Waals surface area contributed by atoms with Crippen molar-refractivity contribution in [3.8, 4) is 0 Å². The number of hydrogen-bond acceptors (Lipinski definition) is 3. The van der Waals surface area contributed by atoms with E-state index in [-0.39, 0.29) is 17.5 Å². The summed E-state index contributed by atoms with van der Waals surface area (Å²) in [5.41, 5.74) is 1.53. The van der Waals surface area contributed by atoms with Crippen LogP contribution in [0, 0.1) is 12.7 Å². The summed E-state index contributed by atoms with van der Waals surface area (Å²) in [6, 6.07) is 11.3. The van der Waals surface area contributed by atoms with Crippen LogP contribution in [0.3, 0.4) is 0 Å². The van der Waals surface area contributed by atoms with E-state index < -0.39 is 11.7 Å². The number of benzene rings is 2. The van der Waals surface area contributed by atoms with Gasteiger partial charge in [0.05, 0.1) is 22.9 Å². The third kappa shape index (κ3) is 4.28. The third-order valence-corrected chi connectivity index (χ3v) is 6.00. The molecule has 3 aromatic rings. The number of imidazole rings is 1. The molecule has 1 aliphatic rings. The number of aryl methyl sites for hydroxylation is 2. The Morgan fingerprint density at radius 2 is 1.94 bits per heavy atom. The van der Waals surface area contributed by atoms with Crippen LogP contribution in [0.15, 0.2) is 54.9 Å². The van der Waals surface area contributed by atoms with Crippen LogP contribution in [0.4, 0.5) is 10.1 Å². The van der Waals surface area contributed by atoms with Gasteiger partial charge in [-0.15, -0.1) is 0 Å². The molecule has 1 saturated heterocycles. The summed E-state index contributed by atoms with van der Waals surface area (Å²) in [6.07, 6.45) is 6.49. The average molecular weight is 435 g/mol. The van der Waals surface area contributed by atoms with Gasteiger partial charge in [-0.1, -0.05) is 31.2 Å². The van der Waals surface area contributed by atoms with Gasteiger partial charge >= 0.3 is 0 Å². The lowest BCUT2D eigenvalue weighted by molar-refractivity contribution is 0.0679. The Labute approximate surface area is 187 Å². The molecule has 32 heavy (non-hydrogen) atoms. The number of para-hydroxylation sites is 1. The summed E-state index contributed by atoms with van der Waals surface area (Å²) in [5.74, 6) is -0.301. The van der Waals surface area contributed by atoms with E-state index in [1.54, 1.807) is 24.4 Å². The summed E-state index contributed by atoms with van der Waals surface area (Å²) in [4.78, 5) is 32.5. The minimum absolute atomic E-state index is 0.0561. The molecule has 6 nitrogen and oxygen atoms in total. The number of carbonyl (C=O) groups is 2. The minimum Gasteiger partial charge on any atom is -0.337 e. The molecule has 0 bridgehead atoms. The Morgan fingerprint density at radius 1 is 1.16 bits per heavy atom. The molecular formula is C25H27FN4O2. The quantitative estimate of drug-likeness (QED) is 0.637. The number of piperidine rings is 1. The van der Waals surface area contributed by atoms with Crippen LogP contribution in [0.5, 0.6) is 0 Å². The van der Waals surface area contributed by atoms with Crippen LogP contribution >= 0.6 is 0 Å². The van der Waals surface area contributed by atoms with Crippen molar-refractivity contribution in [2.45, 2.75) is 39.2 Å². The number of nitrogens with zero attached hydrogens (tertiary/aromatic N) is 3. The van der Waals surface area contributed by atoms with Gasteiger partial charge in [-0.25, -0.2) is 9.37 Å². The van der Waals surface area contributed by atoms with Gasteiger partial charge in [0.2, 0.25) is 0 Å². The smallest absolute Gasteiger partial charge is 0.258 e. The van der Waals surface area contributed by atoms with Crippen molar-refractivity contribution in [2.75, 3.05) is 18.4 Å². The van der Waals surface area contributed by atoms with Crippen molar-refractivity contribution in [1.29, 1.82) is 0 Å². The molecule has 0 spiro atoms. The molecule has 4 rings (SSSR count).